The average Bonchev–Trinajstić information content (AvgIpc) is 3.59. The number of nitrogens with zero attached hydrogens (tertiary/aromatic N) is 2. The van der Waals surface area contributed by atoms with E-state index in [9.17, 15) is 14.4 Å². The number of alkyl halides is 1. The van der Waals surface area contributed by atoms with Crippen molar-refractivity contribution < 1.29 is 19.1 Å². The van der Waals surface area contributed by atoms with Crippen LogP contribution in [0.1, 0.15) is 35.4 Å². The number of hydrogen-bond acceptors (Lipinski definition) is 6. The molecule has 2 aromatic rings. The number of ketones is 1. The lowest BCUT2D eigenvalue weighted by atomic mass is 9.96. The van der Waals surface area contributed by atoms with Gasteiger partial charge in [0.25, 0.3) is 5.91 Å². The molecular formula is C23H24ClN3O4S. The van der Waals surface area contributed by atoms with Crippen LogP contribution in [0.25, 0.3) is 10.4 Å². The van der Waals surface area contributed by atoms with E-state index in [0.29, 0.717) is 4.88 Å². The van der Waals surface area contributed by atoms with Gasteiger partial charge in [-0.05, 0) is 48.6 Å². The van der Waals surface area contributed by atoms with Crippen molar-refractivity contribution in [3.05, 3.63) is 41.5 Å². The summed E-state index contributed by atoms with van der Waals surface area (Å²) in [7, 11) is 0. The zero-order chi connectivity index (χ0) is 22.2. The van der Waals surface area contributed by atoms with E-state index in [1.165, 1.54) is 16.2 Å². The van der Waals surface area contributed by atoms with E-state index in [1.54, 1.807) is 18.5 Å². The molecule has 7 nitrogen and oxygen atoms in total. The lowest BCUT2D eigenvalue weighted by molar-refractivity contribution is -0.139. The highest BCUT2D eigenvalue weighted by Gasteiger charge is 2.53. The molecule has 9 heteroatoms. The first-order valence-electron chi connectivity index (χ1n) is 10.9. The molecule has 1 aliphatic carbocycles. The Bertz CT molecular complexity index is 1020. The van der Waals surface area contributed by atoms with Gasteiger partial charge in [-0.2, -0.15) is 0 Å². The summed E-state index contributed by atoms with van der Waals surface area (Å²) in [6.45, 7) is 0.238. The molecular weight excluding hydrogens is 450 g/mol. The molecule has 4 heterocycles. The van der Waals surface area contributed by atoms with Crippen LogP contribution in [0.3, 0.4) is 0 Å². The molecule has 2 aromatic heterocycles. The fraction of sp³-hybridized carbons (Fsp3) is 0.478. The Labute approximate surface area is 195 Å². The predicted octanol–water partition coefficient (Wildman–Crippen LogP) is 2.88. The van der Waals surface area contributed by atoms with E-state index >= 15 is 0 Å². The maximum absolute atomic E-state index is 13.6. The van der Waals surface area contributed by atoms with Crippen molar-refractivity contribution >= 4 is 40.5 Å². The number of amides is 2. The van der Waals surface area contributed by atoms with Crippen molar-refractivity contribution in [3.63, 3.8) is 0 Å². The Morgan fingerprint density at radius 3 is 2.69 bits per heavy atom. The van der Waals surface area contributed by atoms with Gasteiger partial charge in [0.1, 0.15) is 24.8 Å². The molecule has 1 saturated carbocycles. The van der Waals surface area contributed by atoms with Gasteiger partial charge in [0.2, 0.25) is 5.91 Å². The Hall–Kier alpha value is -2.29. The van der Waals surface area contributed by atoms with Gasteiger partial charge in [0.15, 0.2) is 5.78 Å². The summed E-state index contributed by atoms with van der Waals surface area (Å²) in [6.07, 6.45) is 6.77. The molecule has 1 N–H and O–H groups in total. The molecule has 2 aliphatic heterocycles. The number of pyridine rings is 1. The van der Waals surface area contributed by atoms with Crippen molar-refractivity contribution in [2.45, 2.75) is 49.2 Å². The fourth-order valence-electron chi connectivity index (χ4n) is 5.02. The maximum atomic E-state index is 13.6. The lowest BCUT2D eigenvalue weighted by Gasteiger charge is -2.30. The summed E-state index contributed by atoms with van der Waals surface area (Å²) in [5, 5.41) is 2.58. The normalized spacial score (nSPS) is 26.3. The number of fused-ring (bicyclic) bond motifs is 1. The number of carbonyl (C=O) groups excluding carboxylic acids is 3. The van der Waals surface area contributed by atoms with Crippen LogP contribution in [0.4, 0.5) is 0 Å². The Morgan fingerprint density at radius 2 is 1.94 bits per heavy atom. The largest absolute Gasteiger partial charge is 0.366 e. The topological polar surface area (TPSA) is 88.6 Å². The number of Topliss-reactive ketones (excluding diaryl/α,β-unsaturated/α-hetero) is 1. The van der Waals surface area contributed by atoms with Gasteiger partial charge in [0, 0.05) is 23.8 Å². The third kappa shape index (κ3) is 3.95. The second-order valence-electron chi connectivity index (χ2n) is 8.59. The average molecular weight is 474 g/mol. The van der Waals surface area contributed by atoms with E-state index in [2.05, 4.69) is 10.3 Å². The number of halogens is 1. The number of rotatable bonds is 5. The van der Waals surface area contributed by atoms with E-state index in [4.69, 9.17) is 16.3 Å². The summed E-state index contributed by atoms with van der Waals surface area (Å²) in [5.74, 6) is -0.569. The minimum absolute atomic E-state index is 0.0181. The van der Waals surface area contributed by atoms with E-state index in [0.717, 1.165) is 36.1 Å². The monoisotopic (exact) mass is 473 g/mol. The molecule has 0 aromatic carbocycles. The number of likely N-dealkylation sites (tertiary alicyclic amines) is 1. The van der Waals surface area contributed by atoms with Crippen molar-refractivity contribution in [1.29, 1.82) is 0 Å². The Morgan fingerprint density at radius 1 is 1.19 bits per heavy atom. The molecule has 2 amide bonds. The zero-order valence-corrected chi connectivity index (χ0v) is 19.0. The van der Waals surface area contributed by atoms with Crippen molar-refractivity contribution in [2.75, 3.05) is 13.2 Å². The number of thiophene rings is 1. The third-order valence-electron chi connectivity index (χ3n) is 6.62. The zero-order valence-electron chi connectivity index (χ0n) is 17.4. The fourth-order valence-corrected chi connectivity index (χ4v) is 6.29. The van der Waals surface area contributed by atoms with Crippen molar-refractivity contribution in [3.8, 4) is 10.4 Å². The van der Waals surface area contributed by atoms with Crippen molar-refractivity contribution in [1.82, 2.24) is 15.2 Å². The first kappa shape index (κ1) is 21.6. The maximum Gasteiger partial charge on any atom is 0.262 e. The molecule has 0 spiro atoms. The van der Waals surface area contributed by atoms with Crippen LogP contribution >= 0.6 is 22.9 Å². The summed E-state index contributed by atoms with van der Waals surface area (Å²) in [5.41, 5.74) is 0.989. The molecule has 32 heavy (non-hydrogen) atoms. The van der Waals surface area contributed by atoms with Gasteiger partial charge in [-0.25, -0.2) is 0 Å². The van der Waals surface area contributed by atoms with Gasteiger partial charge in [-0.3, -0.25) is 19.4 Å². The SMILES string of the molecule is O=C(N[C@H](C(=O)N1C[C@H](Cl)[C@H]2OCC(=O)[C@H]21)C1CCCC1)c1ccc(-c2ccncc2)s1. The van der Waals surface area contributed by atoms with Gasteiger partial charge in [-0.1, -0.05) is 12.8 Å². The van der Waals surface area contributed by atoms with Crippen LogP contribution in [-0.4, -0.2) is 64.2 Å². The quantitative estimate of drug-likeness (QED) is 0.674. The summed E-state index contributed by atoms with van der Waals surface area (Å²) >= 11 is 7.76. The van der Waals surface area contributed by atoms with E-state index in [-0.39, 0.29) is 36.7 Å². The predicted molar refractivity (Wildman–Crippen MR) is 121 cm³/mol. The number of carbonyl (C=O) groups is 3. The van der Waals surface area contributed by atoms with Crippen LogP contribution in [0.2, 0.25) is 0 Å². The van der Waals surface area contributed by atoms with E-state index in [1.807, 2.05) is 18.2 Å². The first-order valence-corrected chi connectivity index (χ1v) is 12.2. The highest BCUT2D eigenvalue weighted by atomic mass is 35.5. The molecule has 4 atom stereocenters. The number of ether oxygens (including phenoxy) is 1. The summed E-state index contributed by atoms with van der Waals surface area (Å²) < 4.78 is 5.52. The number of nitrogens with one attached hydrogen (secondary N) is 1. The molecule has 5 rings (SSSR count). The van der Waals surface area contributed by atoms with Gasteiger partial charge < -0.3 is 15.0 Å². The van der Waals surface area contributed by atoms with Gasteiger partial charge >= 0.3 is 0 Å². The summed E-state index contributed by atoms with van der Waals surface area (Å²) in [6, 6.07) is 6.15. The highest BCUT2D eigenvalue weighted by Crippen LogP contribution is 2.35. The molecule has 0 bridgehead atoms. The Balaban J connectivity index is 1.36. The van der Waals surface area contributed by atoms with Gasteiger partial charge in [0.05, 0.1) is 10.3 Å². The molecule has 3 fully saturated rings. The number of aromatic nitrogens is 1. The Kier molecular flexibility index (Phi) is 6.01. The standard InChI is InChI=1S/C23H24ClN3O4S/c24-15-11-27(20-16(28)12-31-21(15)20)23(30)19(14-3-1-2-4-14)26-22(29)18-6-5-17(32-18)13-7-9-25-10-8-13/h5-10,14-15,19-21H,1-4,11-12H2,(H,26,29)/t15-,19-,20+,21+/m0/s1. The second kappa shape index (κ2) is 8.92. The molecule has 3 aliphatic rings. The van der Waals surface area contributed by atoms with Crippen molar-refractivity contribution in [2.24, 2.45) is 5.92 Å². The van der Waals surface area contributed by atoms with Crippen LogP contribution in [0, 0.1) is 5.92 Å². The van der Waals surface area contributed by atoms with E-state index < -0.39 is 23.6 Å². The smallest absolute Gasteiger partial charge is 0.262 e. The van der Waals surface area contributed by atoms with Crippen LogP contribution in [0.5, 0.6) is 0 Å². The molecule has 0 radical (unpaired) electrons. The van der Waals surface area contributed by atoms with Crippen LogP contribution in [0.15, 0.2) is 36.7 Å². The minimum Gasteiger partial charge on any atom is -0.366 e. The van der Waals surface area contributed by atoms with Gasteiger partial charge in [-0.15, -0.1) is 22.9 Å². The molecule has 0 unspecified atom stereocenters. The van der Waals surface area contributed by atoms with Crippen LogP contribution < -0.4 is 5.32 Å². The van der Waals surface area contributed by atoms with Crippen LogP contribution in [-0.2, 0) is 14.3 Å². The molecule has 168 valence electrons. The number of hydrogen-bond donors (Lipinski definition) is 1. The lowest BCUT2D eigenvalue weighted by Crippen LogP contribution is -2.54. The highest BCUT2D eigenvalue weighted by molar-refractivity contribution is 7.17. The first-order chi connectivity index (χ1) is 15.5. The minimum atomic E-state index is -0.674. The summed E-state index contributed by atoms with van der Waals surface area (Å²) in [4.78, 5) is 46.2. The second-order valence-corrected chi connectivity index (χ2v) is 10.2. The third-order valence-corrected chi connectivity index (χ3v) is 8.14. The molecule has 2 saturated heterocycles.